The summed E-state index contributed by atoms with van der Waals surface area (Å²) in [5.41, 5.74) is 0.886. The van der Waals surface area contributed by atoms with Crippen LogP contribution in [0.1, 0.15) is 29.8 Å². The van der Waals surface area contributed by atoms with Crippen LogP contribution in [0, 0.1) is 0 Å². The fourth-order valence-corrected chi connectivity index (χ4v) is 4.22. The van der Waals surface area contributed by atoms with Crippen LogP contribution in [0.25, 0.3) is 0 Å². The van der Waals surface area contributed by atoms with Gasteiger partial charge in [-0.3, -0.25) is 4.79 Å². The van der Waals surface area contributed by atoms with Gasteiger partial charge in [-0.2, -0.15) is 4.31 Å². The summed E-state index contributed by atoms with van der Waals surface area (Å²) < 4.78 is 26.8. The van der Waals surface area contributed by atoms with E-state index < -0.39 is 10.0 Å². The molecule has 0 radical (unpaired) electrons. The van der Waals surface area contributed by atoms with Crippen LogP contribution < -0.4 is 5.32 Å². The Kier molecular flexibility index (Phi) is 4.49. The predicted octanol–water partition coefficient (Wildman–Crippen LogP) is 2.44. The number of carbonyl (C=O) groups excluding carboxylic acids is 1. The van der Waals surface area contributed by atoms with E-state index in [-0.39, 0.29) is 10.8 Å². The van der Waals surface area contributed by atoms with Gasteiger partial charge in [-0.15, -0.1) is 0 Å². The Bertz CT molecular complexity index is 779. The number of aromatic nitrogens is 1. The van der Waals surface area contributed by atoms with Gasteiger partial charge in [0, 0.05) is 25.0 Å². The molecule has 0 atom stereocenters. The zero-order valence-electron chi connectivity index (χ0n) is 12.7. The zero-order chi connectivity index (χ0) is 16.3. The molecule has 1 fully saturated rings. The summed E-state index contributed by atoms with van der Waals surface area (Å²) in [6.07, 6.45) is 4.51. The summed E-state index contributed by atoms with van der Waals surface area (Å²) >= 11 is 0. The summed E-state index contributed by atoms with van der Waals surface area (Å²) in [4.78, 5) is 15.1. The van der Waals surface area contributed by atoms with E-state index in [2.05, 4.69) is 10.3 Å². The van der Waals surface area contributed by atoms with E-state index >= 15 is 0 Å². The lowest BCUT2D eigenvalue weighted by Gasteiger charge is -2.26. The second-order valence-electron chi connectivity index (χ2n) is 5.53. The number of aromatic amines is 1. The topological polar surface area (TPSA) is 82.3 Å². The van der Waals surface area contributed by atoms with Crippen LogP contribution in [-0.4, -0.2) is 36.7 Å². The molecule has 2 heterocycles. The first-order valence-corrected chi connectivity index (χ1v) is 9.06. The van der Waals surface area contributed by atoms with Crippen LogP contribution in [0.5, 0.6) is 0 Å². The van der Waals surface area contributed by atoms with Crippen LogP contribution >= 0.6 is 0 Å². The Hall–Kier alpha value is -2.12. The molecule has 2 N–H and O–H groups in total. The van der Waals surface area contributed by atoms with E-state index in [4.69, 9.17) is 0 Å². The van der Waals surface area contributed by atoms with Gasteiger partial charge in [0.15, 0.2) is 0 Å². The second kappa shape index (κ2) is 6.55. The van der Waals surface area contributed by atoms with Crippen molar-refractivity contribution in [1.29, 1.82) is 0 Å². The van der Waals surface area contributed by atoms with Gasteiger partial charge in [0.1, 0.15) is 5.69 Å². The second-order valence-corrected chi connectivity index (χ2v) is 7.47. The summed E-state index contributed by atoms with van der Waals surface area (Å²) in [6, 6.07) is 9.77. The third-order valence-electron chi connectivity index (χ3n) is 3.89. The molecule has 1 aromatic carbocycles. The van der Waals surface area contributed by atoms with Crippen molar-refractivity contribution in [3.05, 3.63) is 48.3 Å². The molecule has 1 aliphatic heterocycles. The fourth-order valence-electron chi connectivity index (χ4n) is 2.66. The van der Waals surface area contributed by atoms with Crippen LogP contribution in [0.15, 0.2) is 47.5 Å². The minimum Gasteiger partial charge on any atom is -0.357 e. The lowest BCUT2D eigenvalue weighted by Crippen LogP contribution is -2.35. The van der Waals surface area contributed by atoms with Crippen molar-refractivity contribution in [3.63, 3.8) is 0 Å². The fraction of sp³-hybridized carbons (Fsp3) is 0.312. The van der Waals surface area contributed by atoms with E-state index in [1.165, 1.54) is 10.4 Å². The highest BCUT2D eigenvalue weighted by atomic mass is 32.2. The summed E-state index contributed by atoms with van der Waals surface area (Å²) in [5, 5.41) is 2.71. The minimum absolute atomic E-state index is 0.212. The number of piperidine rings is 1. The molecule has 122 valence electrons. The van der Waals surface area contributed by atoms with Gasteiger partial charge in [-0.1, -0.05) is 12.5 Å². The van der Waals surface area contributed by atoms with Crippen LogP contribution in [-0.2, 0) is 10.0 Å². The van der Waals surface area contributed by atoms with Crippen molar-refractivity contribution in [2.75, 3.05) is 18.4 Å². The number of nitrogens with one attached hydrogen (secondary N) is 2. The maximum Gasteiger partial charge on any atom is 0.272 e. The number of carbonyl (C=O) groups is 1. The van der Waals surface area contributed by atoms with Gasteiger partial charge in [-0.25, -0.2) is 8.42 Å². The third-order valence-corrected chi connectivity index (χ3v) is 5.78. The average Bonchev–Trinajstić information content (AvgIpc) is 3.10. The molecule has 0 spiro atoms. The van der Waals surface area contributed by atoms with Crippen LogP contribution in [0.3, 0.4) is 0 Å². The number of amides is 1. The molecule has 2 aromatic rings. The van der Waals surface area contributed by atoms with Crippen molar-refractivity contribution in [3.8, 4) is 0 Å². The molecule has 1 saturated heterocycles. The zero-order valence-corrected chi connectivity index (χ0v) is 13.5. The summed E-state index contributed by atoms with van der Waals surface area (Å²) in [5.74, 6) is -0.303. The highest BCUT2D eigenvalue weighted by Gasteiger charge is 2.26. The Balaban J connectivity index is 1.80. The molecular weight excluding hydrogens is 314 g/mol. The number of sulfonamides is 1. The van der Waals surface area contributed by atoms with Crippen molar-refractivity contribution in [2.24, 2.45) is 0 Å². The van der Waals surface area contributed by atoms with Gasteiger partial charge in [0.2, 0.25) is 10.0 Å². The molecule has 0 aliphatic carbocycles. The maximum atomic E-state index is 12.7. The number of benzene rings is 1. The predicted molar refractivity (Wildman–Crippen MR) is 87.8 cm³/mol. The Labute approximate surface area is 135 Å². The Morgan fingerprint density at radius 2 is 1.87 bits per heavy atom. The van der Waals surface area contributed by atoms with Gasteiger partial charge in [0.25, 0.3) is 5.91 Å². The number of H-pyrrole nitrogens is 1. The van der Waals surface area contributed by atoms with Crippen molar-refractivity contribution < 1.29 is 13.2 Å². The van der Waals surface area contributed by atoms with E-state index in [1.807, 2.05) is 0 Å². The van der Waals surface area contributed by atoms with Gasteiger partial charge < -0.3 is 10.3 Å². The average molecular weight is 333 g/mol. The largest absolute Gasteiger partial charge is 0.357 e. The lowest BCUT2D eigenvalue weighted by molar-refractivity contribution is 0.102. The minimum atomic E-state index is -3.50. The van der Waals surface area contributed by atoms with Crippen molar-refractivity contribution >= 4 is 21.6 Å². The lowest BCUT2D eigenvalue weighted by atomic mass is 10.2. The van der Waals surface area contributed by atoms with Gasteiger partial charge in [-0.05, 0) is 43.2 Å². The highest BCUT2D eigenvalue weighted by Crippen LogP contribution is 2.23. The normalized spacial score (nSPS) is 16.2. The van der Waals surface area contributed by atoms with Gasteiger partial charge in [0.05, 0.1) is 4.90 Å². The highest BCUT2D eigenvalue weighted by molar-refractivity contribution is 7.89. The van der Waals surface area contributed by atoms with E-state index in [0.717, 1.165) is 19.3 Å². The quantitative estimate of drug-likeness (QED) is 0.901. The molecule has 23 heavy (non-hydrogen) atoms. The first-order valence-electron chi connectivity index (χ1n) is 7.62. The standard InChI is InChI=1S/C16H19N3O3S/c20-16(15-8-5-9-17-15)18-13-6-4-7-14(12-13)23(21,22)19-10-2-1-3-11-19/h4-9,12,17H,1-3,10-11H2,(H,18,20). The molecule has 0 unspecified atom stereocenters. The number of rotatable bonds is 4. The van der Waals surface area contributed by atoms with Crippen LogP contribution in [0.2, 0.25) is 0 Å². The monoisotopic (exact) mass is 333 g/mol. The third kappa shape index (κ3) is 3.46. The smallest absolute Gasteiger partial charge is 0.272 e. The molecule has 6 nitrogen and oxygen atoms in total. The number of nitrogens with zero attached hydrogens (tertiary/aromatic N) is 1. The molecule has 0 saturated carbocycles. The van der Waals surface area contributed by atoms with Crippen molar-refractivity contribution in [1.82, 2.24) is 9.29 Å². The molecule has 3 rings (SSSR count). The molecule has 1 aliphatic rings. The molecule has 0 bridgehead atoms. The van der Waals surface area contributed by atoms with E-state index in [1.54, 1.807) is 36.5 Å². The molecule has 1 amide bonds. The Morgan fingerprint density at radius 1 is 1.09 bits per heavy atom. The molecule has 7 heteroatoms. The summed E-state index contributed by atoms with van der Waals surface area (Å²) in [7, 11) is -3.50. The molecular formula is C16H19N3O3S. The Morgan fingerprint density at radius 3 is 2.57 bits per heavy atom. The first kappa shape index (κ1) is 15.8. The van der Waals surface area contributed by atoms with E-state index in [9.17, 15) is 13.2 Å². The maximum absolute atomic E-state index is 12.7. The van der Waals surface area contributed by atoms with Gasteiger partial charge >= 0.3 is 0 Å². The number of hydrogen-bond acceptors (Lipinski definition) is 3. The SMILES string of the molecule is O=C(Nc1cccc(S(=O)(=O)N2CCCCC2)c1)c1ccc[nH]1. The number of anilines is 1. The van der Waals surface area contributed by atoms with Crippen molar-refractivity contribution in [2.45, 2.75) is 24.2 Å². The van der Waals surface area contributed by atoms with Crippen LogP contribution in [0.4, 0.5) is 5.69 Å². The van der Waals surface area contributed by atoms with E-state index in [0.29, 0.717) is 24.5 Å². The number of hydrogen-bond donors (Lipinski definition) is 2. The molecule has 1 aromatic heterocycles. The summed E-state index contributed by atoms with van der Waals surface area (Å²) in [6.45, 7) is 1.11. The first-order chi connectivity index (χ1) is 11.1.